The van der Waals surface area contributed by atoms with Gasteiger partial charge in [-0.1, -0.05) is 18.2 Å². The van der Waals surface area contributed by atoms with E-state index in [1.165, 1.54) is 0 Å². The van der Waals surface area contributed by atoms with Gasteiger partial charge < -0.3 is 14.1 Å². The molecule has 1 aromatic heterocycles. The van der Waals surface area contributed by atoms with E-state index < -0.39 is 0 Å². The quantitative estimate of drug-likeness (QED) is 0.675. The van der Waals surface area contributed by atoms with Gasteiger partial charge >= 0.3 is 0 Å². The Morgan fingerprint density at radius 3 is 2.89 bits per heavy atom. The summed E-state index contributed by atoms with van der Waals surface area (Å²) in [6.07, 6.45) is 1.72. The van der Waals surface area contributed by atoms with Gasteiger partial charge in [-0.2, -0.15) is 0 Å². The van der Waals surface area contributed by atoms with Crippen molar-refractivity contribution >= 4 is 45.6 Å². The van der Waals surface area contributed by atoms with Crippen LogP contribution in [0.1, 0.15) is 11.3 Å². The first-order valence-electron chi connectivity index (χ1n) is 8.90. The summed E-state index contributed by atoms with van der Waals surface area (Å²) in [5.74, 6) is 1.40. The topological polar surface area (TPSA) is 71.8 Å². The fourth-order valence-corrected chi connectivity index (χ4v) is 4.12. The number of benzene rings is 2. The minimum atomic E-state index is -0.353. The molecule has 2 amide bonds. The number of carbonyl (C=O) groups is 2. The van der Waals surface area contributed by atoms with Gasteiger partial charge in [-0.15, -0.1) is 0 Å². The van der Waals surface area contributed by atoms with E-state index in [-0.39, 0.29) is 11.1 Å². The van der Waals surface area contributed by atoms with E-state index in [2.05, 4.69) is 10.2 Å². The number of anilines is 1. The largest absolute Gasteiger partial charge is 0.490 e. The lowest BCUT2D eigenvalue weighted by Gasteiger charge is -2.30. The average molecular weight is 392 g/mol. The smallest absolute Gasteiger partial charge is 0.290 e. The van der Waals surface area contributed by atoms with Gasteiger partial charge in [-0.3, -0.25) is 14.9 Å². The highest BCUT2D eigenvalue weighted by Gasteiger charge is 2.25. The molecule has 0 bridgehead atoms. The second-order valence-corrected chi connectivity index (χ2v) is 7.61. The molecule has 2 aliphatic heterocycles. The molecule has 2 aromatic carbocycles. The third-order valence-electron chi connectivity index (χ3n) is 4.70. The van der Waals surface area contributed by atoms with E-state index in [4.69, 9.17) is 9.15 Å². The first-order chi connectivity index (χ1) is 13.7. The van der Waals surface area contributed by atoms with Crippen molar-refractivity contribution in [3.63, 3.8) is 0 Å². The third-order valence-corrected chi connectivity index (χ3v) is 5.51. The minimum absolute atomic E-state index is 0.339. The maximum Gasteiger partial charge on any atom is 0.290 e. The van der Waals surface area contributed by atoms with Crippen molar-refractivity contribution in [2.24, 2.45) is 0 Å². The van der Waals surface area contributed by atoms with Gasteiger partial charge in [0.25, 0.3) is 11.1 Å². The maximum absolute atomic E-state index is 11.7. The maximum atomic E-state index is 11.7. The average Bonchev–Trinajstić information content (AvgIpc) is 3.23. The van der Waals surface area contributed by atoms with Gasteiger partial charge in [0.05, 0.1) is 23.7 Å². The van der Waals surface area contributed by atoms with Gasteiger partial charge in [-0.25, -0.2) is 0 Å². The molecule has 0 radical (unpaired) electrons. The molecule has 0 saturated carbocycles. The summed E-state index contributed by atoms with van der Waals surface area (Å²) < 4.78 is 11.7. The SMILES string of the molecule is O=C1NC(=O)/C(=C/c2ccc3oc(CN4CCOc5ccccc54)cc3c2)S1. The van der Waals surface area contributed by atoms with Crippen molar-refractivity contribution in [2.45, 2.75) is 6.54 Å². The summed E-state index contributed by atoms with van der Waals surface area (Å²) in [5, 5.41) is 2.88. The molecule has 0 atom stereocenters. The summed E-state index contributed by atoms with van der Waals surface area (Å²) in [6, 6.07) is 15.7. The molecular formula is C21H16N2O4S. The van der Waals surface area contributed by atoms with E-state index in [0.29, 0.717) is 18.1 Å². The third kappa shape index (κ3) is 3.14. The zero-order chi connectivity index (χ0) is 19.1. The number of furan rings is 1. The first kappa shape index (κ1) is 16.9. The highest BCUT2D eigenvalue weighted by Crippen LogP contribution is 2.33. The van der Waals surface area contributed by atoms with E-state index in [1.54, 1.807) is 6.08 Å². The van der Waals surface area contributed by atoms with Crippen LogP contribution in [-0.2, 0) is 11.3 Å². The number of hydrogen-bond donors (Lipinski definition) is 1. The number of imide groups is 1. The number of nitrogens with zero attached hydrogens (tertiary/aromatic N) is 1. The van der Waals surface area contributed by atoms with Crippen molar-refractivity contribution < 1.29 is 18.7 Å². The molecule has 140 valence electrons. The number of hydrogen-bond acceptors (Lipinski definition) is 6. The summed E-state index contributed by atoms with van der Waals surface area (Å²) in [6.45, 7) is 2.09. The van der Waals surface area contributed by atoms with E-state index >= 15 is 0 Å². The second kappa shape index (κ2) is 6.76. The molecule has 3 aromatic rings. The number of nitrogens with one attached hydrogen (secondary N) is 1. The lowest BCUT2D eigenvalue weighted by Crippen LogP contribution is -2.31. The Morgan fingerprint density at radius 1 is 1.14 bits per heavy atom. The molecule has 2 aliphatic rings. The standard InChI is InChI=1S/C21H16N2O4S/c24-20-19(28-21(25)22-20)10-13-5-6-17-14(9-13)11-15(27-17)12-23-7-8-26-18-4-2-1-3-16(18)23/h1-6,9-11H,7-8,12H2,(H,22,24,25)/b19-10-. The van der Waals surface area contributed by atoms with Crippen LogP contribution in [0.3, 0.4) is 0 Å². The van der Waals surface area contributed by atoms with Crippen molar-refractivity contribution in [3.8, 4) is 5.75 Å². The van der Waals surface area contributed by atoms with Crippen LogP contribution in [0, 0.1) is 0 Å². The molecular weight excluding hydrogens is 376 g/mol. The van der Waals surface area contributed by atoms with Crippen LogP contribution >= 0.6 is 11.8 Å². The molecule has 6 nitrogen and oxygen atoms in total. The molecule has 0 unspecified atom stereocenters. The Bertz CT molecular complexity index is 1130. The zero-order valence-electron chi connectivity index (χ0n) is 14.8. The molecule has 1 fully saturated rings. The van der Waals surface area contributed by atoms with Crippen LogP contribution in [-0.4, -0.2) is 24.3 Å². The number of rotatable bonds is 3. The number of carbonyl (C=O) groups excluding carboxylic acids is 2. The van der Waals surface area contributed by atoms with E-state index in [1.807, 2.05) is 48.5 Å². The monoisotopic (exact) mass is 392 g/mol. The van der Waals surface area contributed by atoms with Crippen molar-refractivity contribution in [1.29, 1.82) is 0 Å². The number of fused-ring (bicyclic) bond motifs is 2. The van der Waals surface area contributed by atoms with Gasteiger partial charge in [0, 0.05) is 5.39 Å². The Kier molecular flexibility index (Phi) is 4.09. The van der Waals surface area contributed by atoms with Crippen molar-refractivity contribution in [1.82, 2.24) is 5.32 Å². The molecule has 3 heterocycles. The van der Waals surface area contributed by atoms with Crippen molar-refractivity contribution in [2.75, 3.05) is 18.1 Å². The Morgan fingerprint density at radius 2 is 2.04 bits per heavy atom. The summed E-state index contributed by atoms with van der Waals surface area (Å²) in [4.78, 5) is 25.7. The predicted octanol–water partition coefficient (Wildman–Crippen LogP) is 4.16. The van der Waals surface area contributed by atoms with Gasteiger partial charge in [0.1, 0.15) is 23.7 Å². The number of para-hydroxylation sites is 2. The Balaban J connectivity index is 1.41. The first-order valence-corrected chi connectivity index (χ1v) is 9.71. The zero-order valence-corrected chi connectivity index (χ0v) is 15.6. The summed E-state index contributed by atoms with van der Waals surface area (Å²) in [5.41, 5.74) is 2.70. The minimum Gasteiger partial charge on any atom is -0.490 e. The second-order valence-electron chi connectivity index (χ2n) is 6.60. The van der Waals surface area contributed by atoms with Crippen molar-refractivity contribution in [3.05, 3.63) is 64.8 Å². The fraction of sp³-hybridized carbons (Fsp3) is 0.143. The fourth-order valence-electron chi connectivity index (χ4n) is 3.44. The van der Waals surface area contributed by atoms with Crippen LogP contribution in [0.5, 0.6) is 5.75 Å². The highest BCUT2D eigenvalue weighted by molar-refractivity contribution is 8.18. The Labute approximate surface area is 165 Å². The molecule has 1 N–H and O–H groups in total. The van der Waals surface area contributed by atoms with Crippen LogP contribution in [0.15, 0.2) is 57.9 Å². The Hall–Kier alpha value is -3.19. The predicted molar refractivity (Wildman–Crippen MR) is 108 cm³/mol. The van der Waals surface area contributed by atoms with Crippen LogP contribution in [0.2, 0.25) is 0 Å². The molecule has 28 heavy (non-hydrogen) atoms. The molecule has 0 spiro atoms. The van der Waals surface area contributed by atoms with Gasteiger partial charge in [0.15, 0.2) is 0 Å². The van der Waals surface area contributed by atoms with Crippen LogP contribution in [0.25, 0.3) is 17.0 Å². The van der Waals surface area contributed by atoms with E-state index in [0.717, 1.165) is 52.0 Å². The van der Waals surface area contributed by atoms with Gasteiger partial charge in [0.2, 0.25) is 0 Å². The molecule has 0 aliphatic carbocycles. The van der Waals surface area contributed by atoms with Gasteiger partial charge in [-0.05, 0) is 53.7 Å². The number of amides is 2. The van der Waals surface area contributed by atoms with E-state index in [9.17, 15) is 9.59 Å². The van der Waals surface area contributed by atoms with Crippen LogP contribution < -0.4 is 15.0 Å². The normalized spacial score (nSPS) is 17.7. The lowest BCUT2D eigenvalue weighted by molar-refractivity contribution is -0.115. The molecule has 1 saturated heterocycles. The molecule has 5 rings (SSSR count). The highest BCUT2D eigenvalue weighted by atomic mass is 32.2. The number of ether oxygens (including phenoxy) is 1. The van der Waals surface area contributed by atoms with Crippen LogP contribution in [0.4, 0.5) is 10.5 Å². The number of thioether (sulfide) groups is 1. The molecule has 7 heteroatoms. The summed E-state index contributed by atoms with van der Waals surface area (Å²) in [7, 11) is 0. The lowest BCUT2D eigenvalue weighted by atomic mass is 10.1. The summed E-state index contributed by atoms with van der Waals surface area (Å²) >= 11 is 0.915.